The van der Waals surface area contributed by atoms with Gasteiger partial charge in [-0.15, -0.1) is 0 Å². The number of rotatable bonds is 3. The second kappa shape index (κ2) is 5.35. The van der Waals surface area contributed by atoms with Crippen molar-refractivity contribution in [3.63, 3.8) is 0 Å². The Kier molecular flexibility index (Phi) is 3.61. The van der Waals surface area contributed by atoms with Crippen LogP contribution in [0.5, 0.6) is 5.75 Å². The van der Waals surface area contributed by atoms with Crippen molar-refractivity contribution in [2.75, 3.05) is 7.11 Å². The molecular formula is C15H12O4. The molecule has 96 valence electrons. The largest absolute Gasteiger partial charge is 0.507 e. The summed E-state index contributed by atoms with van der Waals surface area (Å²) in [6, 6.07) is 12.2. The van der Waals surface area contributed by atoms with Gasteiger partial charge in [0.2, 0.25) is 0 Å². The number of phenolic OH excluding ortho intramolecular Hbond substituents is 1. The van der Waals surface area contributed by atoms with E-state index >= 15 is 0 Å². The maximum atomic E-state index is 11.5. The highest BCUT2D eigenvalue weighted by Crippen LogP contribution is 2.33. The molecule has 4 nitrogen and oxygen atoms in total. The van der Waals surface area contributed by atoms with Crippen molar-refractivity contribution in [3.8, 4) is 16.9 Å². The standard InChI is InChI=1S/C15H12O4/c1-19-15(18)12-8-7-11(14(17)13(12)9-16)10-5-3-2-4-6-10/h2-9,17H,1H3. The molecule has 19 heavy (non-hydrogen) atoms. The number of benzene rings is 2. The van der Waals surface area contributed by atoms with Crippen molar-refractivity contribution in [1.29, 1.82) is 0 Å². The van der Waals surface area contributed by atoms with Gasteiger partial charge in [0.05, 0.1) is 18.2 Å². The third-order valence-corrected chi connectivity index (χ3v) is 2.83. The van der Waals surface area contributed by atoms with Gasteiger partial charge in [-0.25, -0.2) is 4.79 Å². The molecule has 2 aromatic rings. The maximum Gasteiger partial charge on any atom is 0.338 e. The summed E-state index contributed by atoms with van der Waals surface area (Å²) in [4.78, 5) is 22.6. The summed E-state index contributed by atoms with van der Waals surface area (Å²) in [6.45, 7) is 0. The summed E-state index contributed by atoms with van der Waals surface area (Å²) in [5, 5.41) is 10.1. The summed E-state index contributed by atoms with van der Waals surface area (Å²) in [5.41, 5.74) is 1.25. The van der Waals surface area contributed by atoms with E-state index in [2.05, 4.69) is 4.74 Å². The number of phenols is 1. The number of methoxy groups -OCH3 is 1. The lowest BCUT2D eigenvalue weighted by Gasteiger charge is -2.10. The van der Waals surface area contributed by atoms with Crippen molar-refractivity contribution in [2.24, 2.45) is 0 Å². The molecule has 0 heterocycles. The van der Waals surface area contributed by atoms with E-state index < -0.39 is 5.97 Å². The number of carbonyl (C=O) groups is 2. The molecule has 1 N–H and O–H groups in total. The zero-order valence-corrected chi connectivity index (χ0v) is 10.3. The Bertz CT molecular complexity index is 618. The fraction of sp³-hybridized carbons (Fsp3) is 0.0667. The van der Waals surface area contributed by atoms with Crippen molar-refractivity contribution < 1.29 is 19.4 Å². The zero-order valence-electron chi connectivity index (χ0n) is 10.3. The van der Waals surface area contributed by atoms with Gasteiger partial charge >= 0.3 is 5.97 Å². The van der Waals surface area contributed by atoms with Crippen LogP contribution in [0.2, 0.25) is 0 Å². The van der Waals surface area contributed by atoms with Crippen LogP contribution in [0.25, 0.3) is 11.1 Å². The van der Waals surface area contributed by atoms with Gasteiger partial charge in [0.25, 0.3) is 0 Å². The molecule has 0 aliphatic rings. The van der Waals surface area contributed by atoms with Gasteiger partial charge in [0.1, 0.15) is 5.75 Å². The second-order valence-electron chi connectivity index (χ2n) is 3.90. The first kappa shape index (κ1) is 12.8. The molecule has 0 bridgehead atoms. The monoisotopic (exact) mass is 256 g/mol. The molecule has 0 amide bonds. The normalized spacial score (nSPS) is 9.95. The summed E-state index contributed by atoms with van der Waals surface area (Å²) >= 11 is 0. The molecule has 0 saturated heterocycles. The molecule has 0 aliphatic carbocycles. The molecule has 2 rings (SSSR count). The van der Waals surface area contributed by atoms with Crippen molar-refractivity contribution >= 4 is 12.3 Å². The van der Waals surface area contributed by atoms with Crippen LogP contribution < -0.4 is 0 Å². The molecule has 0 atom stereocenters. The van der Waals surface area contributed by atoms with Gasteiger partial charge in [0.15, 0.2) is 6.29 Å². The maximum absolute atomic E-state index is 11.5. The molecule has 0 unspecified atom stereocenters. The molecule has 0 fully saturated rings. The first-order valence-electron chi connectivity index (χ1n) is 5.64. The lowest BCUT2D eigenvalue weighted by atomic mass is 9.98. The van der Waals surface area contributed by atoms with Gasteiger partial charge in [-0.1, -0.05) is 30.3 Å². The number of ether oxygens (including phenoxy) is 1. The Morgan fingerprint density at radius 2 is 1.84 bits per heavy atom. The third-order valence-electron chi connectivity index (χ3n) is 2.83. The van der Waals surface area contributed by atoms with Crippen LogP contribution in [0.4, 0.5) is 0 Å². The minimum Gasteiger partial charge on any atom is -0.507 e. The predicted octanol–water partition coefficient (Wildman–Crippen LogP) is 2.66. The van der Waals surface area contributed by atoms with Crippen molar-refractivity contribution in [1.82, 2.24) is 0 Å². The molecule has 0 spiro atoms. The van der Waals surface area contributed by atoms with Crippen LogP contribution in [0.3, 0.4) is 0 Å². The quantitative estimate of drug-likeness (QED) is 0.677. The van der Waals surface area contributed by atoms with Crippen LogP contribution in [0.1, 0.15) is 20.7 Å². The van der Waals surface area contributed by atoms with Gasteiger partial charge in [-0.3, -0.25) is 4.79 Å². The number of esters is 1. The van der Waals surface area contributed by atoms with Gasteiger partial charge < -0.3 is 9.84 Å². The average molecular weight is 256 g/mol. The number of aldehydes is 1. The van der Waals surface area contributed by atoms with Gasteiger partial charge in [-0.2, -0.15) is 0 Å². The highest BCUT2D eigenvalue weighted by molar-refractivity contribution is 6.01. The van der Waals surface area contributed by atoms with E-state index in [4.69, 9.17) is 0 Å². The molecular weight excluding hydrogens is 244 g/mol. The Morgan fingerprint density at radius 1 is 1.16 bits per heavy atom. The third kappa shape index (κ3) is 2.33. The van der Waals surface area contributed by atoms with Crippen molar-refractivity contribution in [3.05, 3.63) is 53.6 Å². The Balaban J connectivity index is 2.62. The van der Waals surface area contributed by atoms with Crippen LogP contribution >= 0.6 is 0 Å². The summed E-state index contributed by atoms with van der Waals surface area (Å²) in [5.74, 6) is -0.874. The molecule has 0 aromatic heterocycles. The smallest absolute Gasteiger partial charge is 0.338 e. The van der Waals surface area contributed by atoms with E-state index in [1.807, 2.05) is 18.2 Å². The summed E-state index contributed by atoms with van der Waals surface area (Å²) < 4.78 is 4.57. The van der Waals surface area contributed by atoms with Gasteiger partial charge in [0, 0.05) is 5.56 Å². The van der Waals surface area contributed by atoms with E-state index in [1.165, 1.54) is 13.2 Å². The molecule has 0 aliphatic heterocycles. The average Bonchev–Trinajstić information content (AvgIpc) is 2.47. The van der Waals surface area contributed by atoms with Crippen LogP contribution in [-0.4, -0.2) is 24.5 Å². The minimum absolute atomic E-state index is 0.0506. The number of carbonyl (C=O) groups excluding carboxylic acids is 2. The molecule has 2 aromatic carbocycles. The van der Waals surface area contributed by atoms with Crippen molar-refractivity contribution in [2.45, 2.75) is 0 Å². The van der Waals surface area contributed by atoms with E-state index in [1.54, 1.807) is 18.2 Å². The zero-order chi connectivity index (χ0) is 13.8. The first-order chi connectivity index (χ1) is 9.19. The SMILES string of the molecule is COC(=O)c1ccc(-c2ccccc2)c(O)c1C=O. The fourth-order valence-corrected chi connectivity index (χ4v) is 1.87. The number of hydrogen-bond donors (Lipinski definition) is 1. The first-order valence-corrected chi connectivity index (χ1v) is 5.64. The van der Waals surface area contributed by atoms with Crippen LogP contribution in [0, 0.1) is 0 Å². The highest BCUT2D eigenvalue weighted by Gasteiger charge is 2.18. The molecule has 4 heteroatoms. The second-order valence-corrected chi connectivity index (χ2v) is 3.90. The summed E-state index contributed by atoms with van der Waals surface area (Å²) in [7, 11) is 1.22. The Labute approximate surface area is 110 Å². The Morgan fingerprint density at radius 3 is 2.42 bits per heavy atom. The number of hydrogen-bond acceptors (Lipinski definition) is 4. The molecule has 0 saturated carbocycles. The van der Waals surface area contributed by atoms with E-state index in [0.717, 1.165) is 5.56 Å². The van der Waals surface area contributed by atoms with E-state index in [0.29, 0.717) is 11.8 Å². The lowest BCUT2D eigenvalue weighted by Crippen LogP contribution is -2.06. The fourth-order valence-electron chi connectivity index (χ4n) is 1.87. The molecule has 0 radical (unpaired) electrons. The van der Waals surface area contributed by atoms with Gasteiger partial charge in [-0.05, 0) is 17.7 Å². The topological polar surface area (TPSA) is 63.6 Å². The summed E-state index contributed by atoms with van der Waals surface area (Å²) in [6.07, 6.45) is 0.452. The predicted molar refractivity (Wildman–Crippen MR) is 70.3 cm³/mol. The number of aromatic hydroxyl groups is 1. The van der Waals surface area contributed by atoms with E-state index in [9.17, 15) is 14.7 Å². The van der Waals surface area contributed by atoms with Crippen LogP contribution in [-0.2, 0) is 4.74 Å². The minimum atomic E-state index is -0.656. The lowest BCUT2D eigenvalue weighted by molar-refractivity contribution is 0.0598. The highest BCUT2D eigenvalue weighted by atomic mass is 16.5. The van der Waals surface area contributed by atoms with E-state index in [-0.39, 0.29) is 16.9 Å². The Hall–Kier alpha value is -2.62. The van der Waals surface area contributed by atoms with Crippen LogP contribution in [0.15, 0.2) is 42.5 Å².